The summed E-state index contributed by atoms with van der Waals surface area (Å²) in [5, 5.41) is 0. The molecule has 3 heteroatoms. The molecular formula is C8H17NO2. The largest absolute Gasteiger partial charge is 0.379 e. The number of morpholine rings is 1. The quantitative estimate of drug-likeness (QED) is 0.580. The Morgan fingerprint density at radius 2 is 2.36 bits per heavy atom. The van der Waals surface area contributed by atoms with Gasteiger partial charge in [0.25, 0.3) is 0 Å². The van der Waals surface area contributed by atoms with Gasteiger partial charge in [0.2, 0.25) is 0 Å². The van der Waals surface area contributed by atoms with Gasteiger partial charge in [-0.05, 0) is 14.0 Å². The fraction of sp³-hybridized carbons (Fsp3) is 1.00. The van der Waals surface area contributed by atoms with Crippen molar-refractivity contribution in [2.24, 2.45) is 0 Å². The van der Waals surface area contributed by atoms with Crippen LogP contribution in [0.1, 0.15) is 6.92 Å². The van der Waals surface area contributed by atoms with Crippen LogP contribution in [0.3, 0.4) is 0 Å². The summed E-state index contributed by atoms with van der Waals surface area (Å²) in [5.41, 5.74) is 0. The molecule has 0 amide bonds. The molecule has 66 valence electrons. The molecule has 0 bridgehead atoms. The molecule has 1 saturated heterocycles. The molecule has 2 atom stereocenters. The van der Waals surface area contributed by atoms with Crippen LogP contribution in [-0.4, -0.2) is 51.0 Å². The third kappa shape index (κ3) is 2.43. The number of rotatable bonds is 2. The average Bonchev–Trinajstić information content (AvgIpc) is 2.03. The van der Waals surface area contributed by atoms with Gasteiger partial charge in [-0.15, -0.1) is 0 Å². The molecule has 1 heterocycles. The Labute approximate surface area is 68.3 Å². The summed E-state index contributed by atoms with van der Waals surface area (Å²) in [6.45, 7) is 4.89. The highest BCUT2D eigenvalue weighted by Gasteiger charge is 2.22. The summed E-state index contributed by atoms with van der Waals surface area (Å²) in [7, 11) is 3.83. The van der Waals surface area contributed by atoms with Gasteiger partial charge in [-0.1, -0.05) is 0 Å². The van der Waals surface area contributed by atoms with Crippen molar-refractivity contribution in [1.29, 1.82) is 0 Å². The monoisotopic (exact) mass is 159 g/mol. The van der Waals surface area contributed by atoms with Gasteiger partial charge in [0.15, 0.2) is 0 Å². The van der Waals surface area contributed by atoms with E-state index in [2.05, 4.69) is 11.9 Å². The maximum absolute atomic E-state index is 5.53. The molecule has 0 aromatic rings. The van der Waals surface area contributed by atoms with Crippen molar-refractivity contribution in [3.05, 3.63) is 0 Å². The zero-order valence-corrected chi connectivity index (χ0v) is 7.54. The molecule has 0 radical (unpaired) electrons. The predicted molar refractivity (Wildman–Crippen MR) is 43.7 cm³/mol. The van der Waals surface area contributed by atoms with E-state index in [1.54, 1.807) is 7.11 Å². The fourth-order valence-corrected chi connectivity index (χ4v) is 1.25. The van der Waals surface area contributed by atoms with Crippen molar-refractivity contribution in [3.8, 4) is 0 Å². The van der Waals surface area contributed by atoms with Crippen molar-refractivity contribution >= 4 is 0 Å². The maximum atomic E-state index is 5.53. The molecule has 0 spiro atoms. The molecule has 3 nitrogen and oxygen atoms in total. The van der Waals surface area contributed by atoms with Crippen LogP contribution in [0, 0.1) is 0 Å². The van der Waals surface area contributed by atoms with Crippen LogP contribution in [-0.2, 0) is 9.47 Å². The Kier molecular flexibility index (Phi) is 3.30. The van der Waals surface area contributed by atoms with Gasteiger partial charge >= 0.3 is 0 Å². The topological polar surface area (TPSA) is 21.7 Å². The molecule has 1 aliphatic rings. The minimum absolute atomic E-state index is 0.206. The number of nitrogens with zero attached hydrogens (tertiary/aromatic N) is 1. The summed E-state index contributed by atoms with van der Waals surface area (Å²) in [5.74, 6) is 0. The van der Waals surface area contributed by atoms with Crippen molar-refractivity contribution in [2.45, 2.75) is 19.1 Å². The molecule has 0 aliphatic carbocycles. The van der Waals surface area contributed by atoms with E-state index in [0.29, 0.717) is 0 Å². The SMILES string of the molecule is CO[C@H](C)C1CN(C)CCO1. The maximum Gasteiger partial charge on any atom is 0.0960 e. The first-order valence-corrected chi connectivity index (χ1v) is 4.07. The average molecular weight is 159 g/mol. The summed E-state index contributed by atoms with van der Waals surface area (Å²) >= 11 is 0. The third-order valence-electron chi connectivity index (χ3n) is 2.19. The van der Waals surface area contributed by atoms with Gasteiger partial charge in [-0.3, -0.25) is 0 Å². The van der Waals surface area contributed by atoms with Crippen molar-refractivity contribution in [1.82, 2.24) is 4.90 Å². The second-order valence-electron chi connectivity index (χ2n) is 3.11. The fourth-order valence-electron chi connectivity index (χ4n) is 1.25. The number of hydrogen-bond donors (Lipinski definition) is 0. The van der Waals surface area contributed by atoms with Gasteiger partial charge in [-0.2, -0.15) is 0 Å². The van der Waals surface area contributed by atoms with Gasteiger partial charge < -0.3 is 14.4 Å². The van der Waals surface area contributed by atoms with Crippen molar-refractivity contribution in [2.75, 3.05) is 33.9 Å². The molecule has 1 unspecified atom stereocenters. The standard InChI is InChI=1S/C8H17NO2/c1-7(10-3)8-6-9(2)4-5-11-8/h7-8H,4-6H2,1-3H3/t7-,8?/m1/s1. The Balaban J connectivity index is 2.33. The molecule has 0 N–H and O–H groups in total. The van der Waals surface area contributed by atoms with E-state index in [4.69, 9.17) is 9.47 Å². The lowest BCUT2D eigenvalue weighted by atomic mass is 10.2. The van der Waals surface area contributed by atoms with Crippen molar-refractivity contribution < 1.29 is 9.47 Å². The molecule has 1 fully saturated rings. The highest BCUT2D eigenvalue weighted by molar-refractivity contribution is 4.73. The minimum atomic E-state index is 0.206. The number of hydrogen-bond acceptors (Lipinski definition) is 3. The van der Waals surface area contributed by atoms with Crippen LogP contribution in [0.2, 0.25) is 0 Å². The zero-order chi connectivity index (χ0) is 8.27. The van der Waals surface area contributed by atoms with Gasteiger partial charge in [0.05, 0.1) is 18.8 Å². The van der Waals surface area contributed by atoms with E-state index in [1.165, 1.54) is 0 Å². The van der Waals surface area contributed by atoms with Crippen LogP contribution in [0.4, 0.5) is 0 Å². The smallest absolute Gasteiger partial charge is 0.0960 e. The first-order chi connectivity index (χ1) is 5.24. The van der Waals surface area contributed by atoms with E-state index in [0.717, 1.165) is 19.7 Å². The predicted octanol–water partition coefficient (Wildman–Crippen LogP) is 0.352. The van der Waals surface area contributed by atoms with Crippen LogP contribution >= 0.6 is 0 Å². The van der Waals surface area contributed by atoms with E-state index < -0.39 is 0 Å². The van der Waals surface area contributed by atoms with Gasteiger partial charge in [-0.25, -0.2) is 0 Å². The number of methoxy groups -OCH3 is 1. The second-order valence-corrected chi connectivity index (χ2v) is 3.11. The van der Waals surface area contributed by atoms with Gasteiger partial charge in [0, 0.05) is 20.2 Å². The summed E-state index contributed by atoms with van der Waals surface area (Å²) in [6.07, 6.45) is 0.455. The molecule has 0 saturated carbocycles. The van der Waals surface area contributed by atoms with Gasteiger partial charge in [0.1, 0.15) is 0 Å². The second kappa shape index (κ2) is 4.04. The van der Waals surface area contributed by atoms with E-state index in [1.807, 2.05) is 6.92 Å². The number of ether oxygens (including phenoxy) is 2. The lowest BCUT2D eigenvalue weighted by Gasteiger charge is -2.32. The highest BCUT2D eigenvalue weighted by Crippen LogP contribution is 2.08. The van der Waals surface area contributed by atoms with Crippen LogP contribution in [0.25, 0.3) is 0 Å². The first kappa shape index (κ1) is 8.97. The van der Waals surface area contributed by atoms with Crippen LogP contribution < -0.4 is 0 Å². The van der Waals surface area contributed by atoms with Crippen molar-refractivity contribution in [3.63, 3.8) is 0 Å². The Bertz CT molecular complexity index is 119. The Morgan fingerprint density at radius 3 is 2.91 bits per heavy atom. The molecule has 1 aliphatic heterocycles. The van der Waals surface area contributed by atoms with Crippen LogP contribution in [0.15, 0.2) is 0 Å². The molecule has 1 rings (SSSR count). The highest BCUT2D eigenvalue weighted by atomic mass is 16.5. The summed E-state index contributed by atoms with van der Waals surface area (Å²) in [4.78, 5) is 2.27. The van der Waals surface area contributed by atoms with E-state index >= 15 is 0 Å². The molecule has 0 aromatic heterocycles. The first-order valence-electron chi connectivity index (χ1n) is 4.07. The Hall–Kier alpha value is -0.120. The lowest BCUT2D eigenvalue weighted by Crippen LogP contribution is -2.45. The third-order valence-corrected chi connectivity index (χ3v) is 2.19. The number of likely N-dealkylation sites (N-methyl/N-ethyl adjacent to an activating group) is 1. The van der Waals surface area contributed by atoms with E-state index in [-0.39, 0.29) is 12.2 Å². The minimum Gasteiger partial charge on any atom is -0.379 e. The molecular weight excluding hydrogens is 142 g/mol. The summed E-state index contributed by atoms with van der Waals surface area (Å²) < 4.78 is 10.7. The Morgan fingerprint density at radius 1 is 1.64 bits per heavy atom. The van der Waals surface area contributed by atoms with Crippen LogP contribution in [0.5, 0.6) is 0 Å². The molecule has 11 heavy (non-hydrogen) atoms. The van der Waals surface area contributed by atoms with E-state index in [9.17, 15) is 0 Å². The summed E-state index contributed by atoms with van der Waals surface area (Å²) in [6, 6.07) is 0. The zero-order valence-electron chi connectivity index (χ0n) is 7.54. The lowest BCUT2D eigenvalue weighted by molar-refractivity contribution is -0.0890. The normalized spacial score (nSPS) is 30.3. The molecule has 0 aromatic carbocycles.